The Morgan fingerprint density at radius 1 is 1.26 bits per heavy atom. The van der Waals surface area contributed by atoms with E-state index >= 15 is 0 Å². The fourth-order valence-electron chi connectivity index (χ4n) is 3.42. The number of hydrogen-bond acceptors (Lipinski definition) is 2. The Hall–Kier alpha value is -0.340. The lowest BCUT2D eigenvalue weighted by atomic mass is 9.97. The van der Waals surface area contributed by atoms with Gasteiger partial charge in [-0.1, -0.05) is 24.5 Å². The largest absolute Gasteiger partial charge is 0.314 e. The third kappa shape index (κ3) is 6.09. The molecule has 2 N–H and O–H groups in total. The predicted molar refractivity (Wildman–Crippen MR) is 83.5 cm³/mol. The summed E-state index contributed by atoms with van der Waals surface area (Å²) >= 11 is 0. The highest BCUT2D eigenvalue weighted by Crippen LogP contribution is 2.19. The molecular weight excluding hydrogens is 232 g/mol. The van der Waals surface area contributed by atoms with E-state index in [0.717, 1.165) is 6.04 Å². The highest BCUT2D eigenvalue weighted by atomic mass is 14.9. The van der Waals surface area contributed by atoms with Gasteiger partial charge in [0.1, 0.15) is 0 Å². The average molecular weight is 264 g/mol. The van der Waals surface area contributed by atoms with Crippen LogP contribution in [0.25, 0.3) is 0 Å². The van der Waals surface area contributed by atoms with Gasteiger partial charge < -0.3 is 10.6 Å². The summed E-state index contributed by atoms with van der Waals surface area (Å²) in [5, 5.41) is 7.42. The van der Waals surface area contributed by atoms with E-state index in [1.807, 2.05) is 0 Å². The van der Waals surface area contributed by atoms with Crippen LogP contribution in [0.15, 0.2) is 11.6 Å². The molecule has 110 valence electrons. The van der Waals surface area contributed by atoms with Crippen molar-refractivity contribution in [1.82, 2.24) is 10.6 Å². The van der Waals surface area contributed by atoms with Crippen LogP contribution in [0.1, 0.15) is 71.1 Å². The van der Waals surface area contributed by atoms with E-state index in [1.54, 1.807) is 5.57 Å². The Morgan fingerprint density at radius 2 is 2.21 bits per heavy atom. The maximum absolute atomic E-state index is 3.72. The number of hydrogen-bond donors (Lipinski definition) is 2. The summed E-state index contributed by atoms with van der Waals surface area (Å²) in [5.74, 6) is 0. The van der Waals surface area contributed by atoms with Crippen LogP contribution < -0.4 is 10.6 Å². The van der Waals surface area contributed by atoms with E-state index in [-0.39, 0.29) is 0 Å². The van der Waals surface area contributed by atoms with E-state index in [1.165, 1.54) is 77.3 Å². The Balaban J connectivity index is 1.58. The molecule has 1 aliphatic heterocycles. The maximum atomic E-state index is 3.72. The topological polar surface area (TPSA) is 24.1 Å². The summed E-state index contributed by atoms with van der Waals surface area (Å²) in [6.45, 7) is 4.74. The molecule has 2 unspecified atom stereocenters. The molecule has 1 saturated heterocycles. The van der Waals surface area contributed by atoms with Crippen molar-refractivity contribution in [3.63, 3.8) is 0 Å². The molecule has 2 nitrogen and oxygen atoms in total. The van der Waals surface area contributed by atoms with Crippen LogP contribution in [0, 0.1) is 0 Å². The highest BCUT2D eigenvalue weighted by Gasteiger charge is 2.14. The zero-order valence-electron chi connectivity index (χ0n) is 12.7. The zero-order valence-corrected chi connectivity index (χ0v) is 12.7. The summed E-state index contributed by atoms with van der Waals surface area (Å²) in [5.41, 5.74) is 1.69. The maximum Gasteiger partial charge on any atom is 0.00817 e. The highest BCUT2D eigenvalue weighted by molar-refractivity contribution is 5.05. The van der Waals surface area contributed by atoms with Gasteiger partial charge in [0.05, 0.1) is 0 Å². The van der Waals surface area contributed by atoms with Gasteiger partial charge in [0.2, 0.25) is 0 Å². The van der Waals surface area contributed by atoms with E-state index in [0.29, 0.717) is 6.04 Å². The first kappa shape index (κ1) is 15.1. The van der Waals surface area contributed by atoms with Crippen LogP contribution in [-0.4, -0.2) is 25.2 Å². The SMILES string of the molecule is CC(CC1CCCCCN1)NCCC1=CCCCC1. The number of nitrogens with one attached hydrogen (secondary N) is 2. The van der Waals surface area contributed by atoms with Crippen LogP contribution >= 0.6 is 0 Å². The van der Waals surface area contributed by atoms with Crippen molar-refractivity contribution in [3.05, 3.63) is 11.6 Å². The molecule has 0 amide bonds. The fraction of sp³-hybridized carbons (Fsp3) is 0.882. The molecule has 0 aromatic heterocycles. The summed E-state index contributed by atoms with van der Waals surface area (Å²) < 4.78 is 0. The van der Waals surface area contributed by atoms with Gasteiger partial charge in [-0.15, -0.1) is 0 Å². The Labute approximate surface area is 119 Å². The smallest absolute Gasteiger partial charge is 0.00817 e. The first-order chi connectivity index (χ1) is 9.34. The predicted octanol–water partition coefficient (Wildman–Crippen LogP) is 3.78. The first-order valence-corrected chi connectivity index (χ1v) is 8.49. The van der Waals surface area contributed by atoms with Crippen molar-refractivity contribution < 1.29 is 0 Å². The summed E-state index contributed by atoms with van der Waals surface area (Å²) in [7, 11) is 0. The summed E-state index contributed by atoms with van der Waals surface area (Å²) in [6.07, 6.45) is 16.1. The van der Waals surface area contributed by atoms with Gasteiger partial charge >= 0.3 is 0 Å². The van der Waals surface area contributed by atoms with E-state index in [9.17, 15) is 0 Å². The second kappa shape index (κ2) is 8.76. The lowest BCUT2D eigenvalue weighted by molar-refractivity contribution is 0.404. The van der Waals surface area contributed by atoms with Crippen molar-refractivity contribution in [2.45, 2.75) is 83.2 Å². The average Bonchev–Trinajstić information content (AvgIpc) is 2.68. The van der Waals surface area contributed by atoms with Crippen LogP contribution in [0.5, 0.6) is 0 Å². The molecule has 19 heavy (non-hydrogen) atoms. The molecule has 2 aliphatic rings. The second-order valence-corrected chi connectivity index (χ2v) is 6.45. The van der Waals surface area contributed by atoms with E-state index in [4.69, 9.17) is 0 Å². The van der Waals surface area contributed by atoms with Gasteiger partial charge in [-0.3, -0.25) is 0 Å². The molecule has 2 heteroatoms. The molecule has 1 aliphatic carbocycles. The minimum atomic E-state index is 0.653. The molecule has 0 bridgehead atoms. The molecule has 1 fully saturated rings. The zero-order chi connectivity index (χ0) is 13.3. The van der Waals surface area contributed by atoms with Gasteiger partial charge in [0, 0.05) is 12.1 Å². The lowest BCUT2D eigenvalue weighted by Crippen LogP contribution is -2.37. The molecule has 0 aromatic carbocycles. The third-order valence-corrected chi connectivity index (χ3v) is 4.62. The van der Waals surface area contributed by atoms with Crippen molar-refractivity contribution >= 4 is 0 Å². The molecule has 0 aromatic rings. The molecule has 2 rings (SSSR count). The minimum absolute atomic E-state index is 0.653. The monoisotopic (exact) mass is 264 g/mol. The van der Waals surface area contributed by atoms with Crippen LogP contribution in [0.2, 0.25) is 0 Å². The van der Waals surface area contributed by atoms with Gasteiger partial charge in [0.15, 0.2) is 0 Å². The fourth-order valence-corrected chi connectivity index (χ4v) is 3.42. The molecule has 0 radical (unpaired) electrons. The van der Waals surface area contributed by atoms with E-state index < -0.39 is 0 Å². The summed E-state index contributed by atoms with van der Waals surface area (Å²) in [6, 6.07) is 1.40. The van der Waals surface area contributed by atoms with Crippen molar-refractivity contribution in [3.8, 4) is 0 Å². The van der Waals surface area contributed by atoms with Gasteiger partial charge in [-0.05, 0) is 71.4 Å². The number of allylic oxidation sites excluding steroid dienone is 1. The van der Waals surface area contributed by atoms with E-state index in [2.05, 4.69) is 23.6 Å². The molecule has 0 saturated carbocycles. The summed E-state index contributed by atoms with van der Waals surface area (Å²) in [4.78, 5) is 0. The quantitative estimate of drug-likeness (QED) is 0.714. The van der Waals surface area contributed by atoms with Gasteiger partial charge in [-0.2, -0.15) is 0 Å². The third-order valence-electron chi connectivity index (χ3n) is 4.62. The molecule has 0 spiro atoms. The molecule has 2 atom stereocenters. The van der Waals surface area contributed by atoms with Crippen LogP contribution in [0.3, 0.4) is 0 Å². The first-order valence-electron chi connectivity index (χ1n) is 8.49. The van der Waals surface area contributed by atoms with Gasteiger partial charge in [-0.25, -0.2) is 0 Å². The normalized spacial score (nSPS) is 26.6. The van der Waals surface area contributed by atoms with Gasteiger partial charge in [0.25, 0.3) is 0 Å². The second-order valence-electron chi connectivity index (χ2n) is 6.45. The Bertz CT molecular complexity index is 264. The van der Waals surface area contributed by atoms with Crippen LogP contribution in [0.4, 0.5) is 0 Å². The van der Waals surface area contributed by atoms with Crippen molar-refractivity contribution in [2.24, 2.45) is 0 Å². The van der Waals surface area contributed by atoms with Crippen molar-refractivity contribution in [1.29, 1.82) is 0 Å². The standard InChI is InChI=1S/C17H32N2/c1-15(14-17-10-6-3-7-12-19-17)18-13-11-16-8-4-2-5-9-16/h8,15,17-19H,2-7,9-14H2,1H3. The molecule has 1 heterocycles. The van der Waals surface area contributed by atoms with Crippen molar-refractivity contribution in [2.75, 3.05) is 13.1 Å². The molecular formula is C17H32N2. The Kier molecular flexibility index (Phi) is 6.94. The lowest BCUT2D eigenvalue weighted by Gasteiger charge is -2.22. The minimum Gasteiger partial charge on any atom is -0.314 e. The van der Waals surface area contributed by atoms with Crippen LogP contribution in [-0.2, 0) is 0 Å². The Morgan fingerprint density at radius 3 is 3.05 bits per heavy atom. The number of rotatable bonds is 6.